The molecule has 1 N–H and O–H groups in total. The molecule has 0 atom stereocenters. The smallest absolute Gasteiger partial charge is 0.307 e. The van der Waals surface area contributed by atoms with Crippen molar-refractivity contribution in [2.45, 2.75) is 25.2 Å². The van der Waals surface area contributed by atoms with Crippen LogP contribution in [-0.4, -0.2) is 11.1 Å². The molecule has 0 saturated heterocycles. The summed E-state index contributed by atoms with van der Waals surface area (Å²) in [7, 11) is 0. The summed E-state index contributed by atoms with van der Waals surface area (Å²) < 4.78 is 1.16. The van der Waals surface area contributed by atoms with Crippen LogP contribution in [0.2, 0.25) is 0 Å². The minimum Gasteiger partial charge on any atom is -0.481 e. The molecule has 2 nitrogen and oxygen atoms in total. The molecule has 1 aromatic heterocycles. The lowest BCUT2D eigenvalue weighted by molar-refractivity contribution is -0.136. The fraction of sp³-hybridized carbons (Fsp3) is 0.308. The van der Waals surface area contributed by atoms with Gasteiger partial charge in [0.2, 0.25) is 0 Å². The molecule has 0 amide bonds. The number of hydrogen-bond acceptors (Lipinski definition) is 2. The number of carboxylic acids is 1. The maximum absolute atomic E-state index is 10.8. The van der Waals surface area contributed by atoms with Crippen LogP contribution in [0, 0.1) is 0 Å². The van der Waals surface area contributed by atoms with Gasteiger partial charge in [-0.3, -0.25) is 4.79 Å². The Morgan fingerprint density at radius 3 is 2.94 bits per heavy atom. The van der Waals surface area contributed by atoms with Gasteiger partial charge in [-0.2, -0.15) is 0 Å². The van der Waals surface area contributed by atoms with E-state index in [9.17, 15) is 4.79 Å². The van der Waals surface area contributed by atoms with Crippen molar-refractivity contribution in [3.63, 3.8) is 0 Å². The molecule has 2 aromatic rings. The van der Waals surface area contributed by atoms with Gasteiger partial charge in [0.1, 0.15) is 0 Å². The fourth-order valence-electron chi connectivity index (χ4n) is 2.15. The number of rotatable bonds is 3. The summed E-state index contributed by atoms with van der Waals surface area (Å²) in [5.74, 6) is -0.0253. The Morgan fingerprint density at radius 2 is 2.25 bits per heavy atom. The quantitative estimate of drug-likeness (QED) is 0.880. The summed E-state index contributed by atoms with van der Waals surface area (Å²) in [5.41, 5.74) is 2.37. The molecular formula is C13H12O2S. The molecule has 3 rings (SSSR count). The fourth-order valence-corrected chi connectivity index (χ4v) is 3.32. The van der Waals surface area contributed by atoms with Gasteiger partial charge in [0.05, 0.1) is 6.42 Å². The van der Waals surface area contributed by atoms with Crippen molar-refractivity contribution in [2.24, 2.45) is 0 Å². The molecule has 1 aromatic carbocycles. The van der Waals surface area contributed by atoms with Gasteiger partial charge >= 0.3 is 5.97 Å². The Balaban J connectivity index is 2.12. The first-order valence-electron chi connectivity index (χ1n) is 5.46. The Bertz CT molecular complexity index is 552. The molecule has 3 heteroatoms. The summed E-state index contributed by atoms with van der Waals surface area (Å²) >= 11 is 1.69. The summed E-state index contributed by atoms with van der Waals surface area (Å²) in [6.07, 6.45) is 2.70. The second-order valence-electron chi connectivity index (χ2n) is 4.33. The van der Waals surface area contributed by atoms with Crippen molar-refractivity contribution in [3.05, 3.63) is 34.7 Å². The molecule has 1 saturated carbocycles. The minimum atomic E-state index is -0.756. The predicted molar refractivity (Wildman–Crippen MR) is 65.1 cm³/mol. The van der Waals surface area contributed by atoms with E-state index in [1.165, 1.54) is 23.8 Å². The Morgan fingerprint density at radius 1 is 1.44 bits per heavy atom. The first-order valence-corrected chi connectivity index (χ1v) is 6.34. The standard InChI is InChI=1S/C13H12O2S/c14-12(15)6-9-2-1-3-10-11(8-4-5-8)7-16-13(9)10/h1-3,7-8H,4-6H2,(H,14,15). The summed E-state index contributed by atoms with van der Waals surface area (Å²) in [6, 6.07) is 6.01. The highest BCUT2D eigenvalue weighted by atomic mass is 32.1. The maximum Gasteiger partial charge on any atom is 0.307 e. The number of hydrogen-bond donors (Lipinski definition) is 1. The Hall–Kier alpha value is -1.35. The highest BCUT2D eigenvalue weighted by Crippen LogP contribution is 2.45. The molecular weight excluding hydrogens is 220 g/mol. The Kier molecular flexibility index (Phi) is 2.21. The van der Waals surface area contributed by atoms with Gasteiger partial charge < -0.3 is 5.11 Å². The van der Waals surface area contributed by atoms with Gasteiger partial charge in [-0.1, -0.05) is 18.2 Å². The van der Waals surface area contributed by atoms with Crippen molar-refractivity contribution in [3.8, 4) is 0 Å². The molecule has 0 radical (unpaired) electrons. The second-order valence-corrected chi connectivity index (χ2v) is 5.21. The summed E-state index contributed by atoms with van der Waals surface area (Å²) in [6.45, 7) is 0. The average molecular weight is 232 g/mol. The van der Waals surface area contributed by atoms with E-state index in [1.54, 1.807) is 11.3 Å². The summed E-state index contributed by atoms with van der Waals surface area (Å²) in [5, 5.41) is 12.3. The topological polar surface area (TPSA) is 37.3 Å². The van der Waals surface area contributed by atoms with Crippen molar-refractivity contribution in [2.75, 3.05) is 0 Å². The third kappa shape index (κ3) is 1.61. The maximum atomic E-state index is 10.8. The summed E-state index contributed by atoms with van der Waals surface area (Å²) in [4.78, 5) is 10.8. The molecule has 0 unspecified atom stereocenters. The average Bonchev–Trinajstić information content (AvgIpc) is 2.98. The van der Waals surface area contributed by atoms with E-state index in [-0.39, 0.29) is 6.42 Å². The first kappa shape index (κ1) is 9.85. The third-order valence-corrected chi connectivity index (χ3v) is 4.16. The van der Waals surface area contributed by atoms with Gasteiger partial charge in [-0.05, 0) is 40.7 Å². The van der Waals surface area contributed by atoms with Crippen LogP contribution in [0.15, 0.2) is 23.6 Å². The van der Waals surface area contributed by atoms with Crippen molar-refractivity contribution < 1.29 is 9.90 Å². The third-order valence-electron chi connectivity index (χ3n) is 3.07. The number of thiophene rings is 1. The highest BCUT2D eigenvalue weighted by Gasteiger charge is 2.26. The van der Waals surface area contributed by atoms with E-state index in [0.29, 0.717) is 0 Å². The lowest BCUT2D eigenvalue weighted by atomic mass is 10.1. The van der Waals surface area contributed by atoms with Gasteiger partial charge in [-0.15, -0.1) is 11.3 Å². The Labute approximate surface area is 97.5 Å². The minimum absolute atomic E-state index is 0.127. The molecule has 1 heterocycles. The van der Waals surface area contributed by atoms with E-state index in [2.05, 4.69) is 11.4 Å². The van der Waals surface area contributed by atoms with Gasteiger partial charge in [0.25, 0.3) is 0 Å². The number of benzene rings is 1. The van der Waals surface area contributed by atoms with Crippen molar-refractivity contribution >= 4 is 27.4 Å². The van der Waals surface area contributed by atoms with Gasteiger partial charge in [-0.25, -0.2) is 0 Å². The van der Waals surface area contributed by atoms with E-state index < -0.39 is 5.97 Å². The SMILES string of the molecule is O=C(O)Cc1cccc2c(C3CC3)csc12. The number of fused-ring (bicyclic) bond motifs is 1. The van der Waals surface area contributed by atoms with Crippen LogP contribution in [0.4, 0.5) is 0 Å². The molecule has 0 aliphatic heterocycles. The van der Waals surface area contributed by atoms with Crippen molar-refractivity contribution in [1.82, 2.24) is 0 Å². The van der Waals surface area contributed by atoms with Gasteiger partial charge in [0.15, 0.2) is 0 Å². The van der Waals surface area contributed by atoms with Crippen LogP contribution in [0.3, 0.4) is 0 Å². The number of aliphatic carboxylic acids is 1. The van der Waals surface area contributed by atoms with E-state index >= 15 is 0 Å². The van der Waals surface area contributed by atoms with E-state index in [4.69, 9.17) is 5.11 Å². The van der Waals surface area contributed by atoms with Crippen LogP contribution >= 0.6 is 11.3 Å². The molecule has 0 bridgehead atoms. The lowest BCUT2D eigenvalue weighted by Crippen LogP contribution is -1.99. The van der Waals surface area contributed by atoms with Crippen LogP contribution < -0.4 is 0 Å². The highest BCUT2D eigenvalue weighted by molar-refractivity contribution is 7.17. The second kappa shape index (κ2) is 3.59. The number of carbonyl (C=O) groups is 1. The van der Waals surface area contributed by atoms with E-state index in [1.807, 2.05) is 12.1 Å². The van der Waals surface area contributed by atoms with Crippen LogP contribution in [-0.2, 0) is 11.2 Å². The van der Waals surface area contributed by atoms with E-state index in [0.717, 1.165) is 16.2 Å². The zero-order valence-corrected chi connectivity index (χ0v) is 9.59. The molecule has 1 aliphatic carbocycles. The molecule has 1 aliphatic rings. The first-order chi connectivity index (χ1) is 7.75. The normalized spacial score (nSPS) is 15.5. The predicted octanol–water partition coefficient (Wildman–Crippen LogP) is 3.41. The zero-order chi connectivity index (χ0) is 11.1. The largest absolute Gasteiger partial charge is 0.481 e. The van der Waals surface area contributed by atoms with Gasteiger partial charge in [0, 0.05) is 4.70 Å². The van der Waals surface area contributed by atoms with Crippen LogP contribution in [0.25, 0.3) is 10.1 Å². The monoisotopic (exact) mass is 232 g/mol. The molecule has 82 valence electrons. The van der Waals surface area contributed by atoms with Crippen LogP contribution in [0.5, 0.6) is 0 Å². The molecule has 0 spiro atoms. The number of carboxylic acid groups (broad SMARTS) is 1. The lowest BCUT2D eigenvalue weighted by Gasteiger charge is -2.00. The zero-order valence-electron chi connectivity index (χ0n) is 8.77. The van der Waals surface area contributed by atoms with Crippen LogP contribution in [0.1, 0.15) is 29.9 Å². The van der Waals surface area contributed by atoms with Crippen molar-refractivity contribution in [1.29, 1.82) is 0 Å². The molecule has 16 heavy (non-hydrogen) atoms. The molecule has 1 fully saturated rings.